The van der Waals surface area contributed by atoms with Gasteiger partial charge in [-0.3, -0.25) is 14.3 Å². The molecule has 1 aliphatic rings. The number of carboxylic acid groups (broad SMARTS) is 1. The Hall–Kier alpha value is -2.57. The minimum absolute atomic E-state index is 0.238. The van der Waals surface area contributed by atoms with Gasteiger partial charge in [0.1, 0.15) is 5.76 Å². The second kappa shape index (κ2) is 6.51. The highest BCUT2D eigenvalue weighted by Gasteiger charge is 2.29. The van der Waals surface area contributed by atoms with Gasteiger partial charge in [-0.05, 0) is 44.9 Å². The molecule has 1 saturated heterocycles. The minimum atomic E-state index is -0.850. The summed E-state index contributed by atoms with van der Waals surface area (Å²) in [6, 6.07) is 5.39. The molecule has 0 bridgehead atoms. The van der Waals surface area contributed by atoms with Crippen molar-refractivity contribution < 1.29 is 19.1 Å². The van der Waals surface area contributed by atoms with E-state index in [0.29, 0.717) is 31.7 Å². The number of aromatic nitrogens is 2. The van der Waals surface area contributed by atoms with Crippen LogP contribution >= 0.6 is 0 Å². The number of furan rings is 1. The third kappa shape index (κ3) is 3.34. The van der Waals surface area contributed by atoms with Gasteiger partial charge in [-0.25, -0.2) is 0 Å². The lowest BCUT2D eigenvalue weighted by Crippen LogP contribution is -2.42. The van der Waals surface area contributed by atoms with Gasteiger partial charge < -0.3 is 14.4 Å². The van der Waals surface area contributed by atoms with Crippen LogP contribution < -0.4 is 0 Å². The van der Waals surface area contributed by atoms with Crippen molar-refractivity contribution in [3.63, 3.8) is 0 Å². The molecule has 0 aliphatic carbocycles. The maximum absolute atomic E-state index is 12.5. The predicted octanol–water partition coefficient (Wildman–Crippen LogP) is 2.08. The van der Waals surface area contributed by atoms with Crippen LogP contribution in [0.1, 0.15) is 40.5 Å². The normalized spacial score (nSPS) is 17.9. The minimum Gasteiger partial charge on any atom is -0.481 e. The molecule has 1 atom stereocenters. The number of likely N-dealkylation sites (tertiary alicyclic amines) is 1. The number of carboxylic acids is 1. The first-order valence-corrected chi connectivity index (χ1v) is 8.06. The zero-order chi connectivity index (χ0) is 17.3. The molecule has 1 N–H and O–H groups in total. The van der Waals surface area contributed by atoms with Gasteiger partial charge in [0.05, 0.1) is 18.2 Å². The van der Waals surface area contributed by atoms with Crippen LogP contribution in [0.25, 0.3) is 0 Å². The van der Waals surface area contributed by atoms with Crippen molar-refractivity contribution in [1.29, 1.82) is 0 Å². The van der Waals surface area contributed by atoms with Gasteiger partial charge >= 0.3 is 5.97 Å². The van der Waals surface area contributed by atoms with Gasteiger partial charge in [-0.1, -0.05) is 0 Å². The van der Waals surface area contributed by atoms with Gasteiger partial charge in [0, 0.05) is 18.8 Å². The molecular formula is C17H21N3O4. The molecule has 0 spiro atoms. The summed E-state index contributed by atoms with van der Waals surface area (Å²) in [7, 11) is 0. The van der Waals surface area contributed by atoms with Crippen molar-refractivity contribution in [2.24, 2.45) is 5.92 Å². The molecule has 0 aromatic carbocycles. The number of nitrogens with zero attached hydrogens (tertiary/aromatic N) is 3. The first kappa shape index (κ1) is 16.3. The lowest BCUT2D eigenvalue weighted by molar-refractivity contribution is -0.143. The highest BCUT2D eigenvalue weighted by molar-refractivity contribution is 5.92. The number of aliphatic carboxylic acids is 1. The van der Waals surface area contributed by atoms with Crippen molar-refractivity contribution in [2.45, 2.75) is 33.2 Å². The highest BCUT2D eigenvalue weighted by Crippen LogP contribution is 2.20. The molecule has 1 amide bonds. The maximum Gasteiger partial charge on any atom is 0.308 e. The SMILES string of the molecule is Cc1cc(C)n(Cc2ccc(C(=O)N3CCC[C@@H](C(=O)O)C3)o2)n1. The van der Waals surface area contributed by atoms with Crippen LogP contribution in [-0.4, -0.2) is 44.8 Å². The summed E-state index contributed by atoms with van der Waals surface area (Å²) in [5.41, 5.74) is 1.96. The molecule has 3 heterocycles. The Morgan fingerprint density at radius 1 is 1.38 bits per heavy atom. The third-order valence-electron chi connectivity index (χ3n) is 4.34. The van der Waals surface area contributed by atoms with Gasteiger partial charge in [0.25, 0.3) is 5.91 Å². The average Bonchev–Trinajstić information content (AvgIpc) is 3.14. The fraction of sp³-hybridized carbons (Fsp3) is 0.471. The summed E-state index contributed by atoms with van der Waals surface area (Å²) >= 11 is 0. The molecule has 128 valence electrons. The molecule has 0 radical (unpaired) electrons. The summed E-state index contributed by atoms with van der Waals surface area (Å²) in [5, 5.41) is 13.5. The van der Waals surface area contributed by atoms with Gasteiger partial charge in [-0.2, -0.15) is 5.10 Å². The summed E-state index contributed by atoms with van der Waals surface area (Å²) in [4.78, 5) is 25.2. The molecule has 7 nitrogen and oxygen atoms in total. The molecule has 3 rings (SSSR count). The Balaban J connectivity index is 1.69. The van der Waals surface area contributed by atoms with E-state index in [1.807, 2.05) is 24.6 Å². The number of rotatable bonds is 4. The highest BCUT2D eigenvalue weighted by atomic mass is 16.4. The largest absolute Gasteiger partial charge is 0.481 e. The van der Waals surface area contributed by atoms with Crippen LogP contribution in [0.2, 0.25) is 0 Å². The summed E-state index contributed by atoms with van der Waals surface area (Å²) in [5.74, 6) is -0.696. The van der Waals surface area contributed by atoms with Crippen LogP contribution in [-0.2, 0) is 11.3 Å². The molecule has 0 unspecified atom stereocenters. The van der Waals surface area contributed by atoms with Crippen LogP contribution in [0.5, 0.6) is 0 Å². The topological polar surface area (TPSA) is 88.6 Å². The van der Waals surface area contributed by atoms with Crippen LogP contribution in [0, 0.1) is 19.8 Å². The third-order valence-corrected chi connectivity index (χ3v) is 4.34. The van der Waals surface area contributed by atoms with E-state index in [0.717, 1.165) is 11.4 Å². The van der Waals surface area contributed by atoms with Crippen molar-refractivity contribution in [3.05, 3.63) is 41.1 Å². The lowest BCUT2D eigenvalue weighted by atomic mass is 9.98. The average molecular weight is 331 g/mol. The Labute approximate surface area is 139 Å². The van der Waals surface area contributed by atoms with Crippen molar-refractivity contribution in [1.82, 2.24) is 14.7 Å². The van der Waals surface area contributed by atoms with E-state index in [4.69, 9.17) is 9.52 Å². The number of piperidine rings is 1. The van der Waals surface area contributed by atoms with E-state index in [1.165, 1.54) is 0 Å². The molecular weight excluding hydrogens is 310 g/mol. The Morgan fingerprint density at radius 3 is 2.83 bits per heavy atom. The molecule has 2 aromatic rings. The standard InChI is InChI=1S/C17H21N3O4/c1-11-8-12(2)20(18-11)10-14-5-6-15(24-14)16(21)19-7-3-4-13(9-19)17(22)23/h5-6,8,13H,3-4,7,9-10H2,1-2H3,(H,22,23)/t13-/m1/s1. The number of amides is 1. The van der Waals surface area contributed by atoms with E-state index in [-0.39, 0.29) is 18.2 Å². The fourth-order valence-electron chi connectivity index (χ4n) is 3.08. The van der Waals surface area contributed by atoms with E-state index in [9.17, 15) is 9.59 Å². The lowest BCUT2D eigenvalue weighted by Gasteiger charge is -2.29. The number of aryl methyl sites for hydroxylation is 2. The monoisotopic (exact) mass is 331 g/mol. The van der Waals surface area contributed by atoms with Crippen molar-refractivity contribution >= 4 is 11.9 Å². The molecule has 7 heteroatoms. The van der Waals surface area contributed by atoms with Gasteiger partial charge in [-0.15, -0.1) is 0 Å². The summed E-state index contributed by atoms with van der Waals surface area (Å²) in [6.45, 7) is 5.16. The Kier molecular flexibility index (Phi) is 4.42. The number of carbonyl (C=O) groups excluding carboxylic acids is 1. The van der Waals surface area contributed by atoms with Crippen molar-refractivity contribution in [3.8, 4) is 0 Å². The molecule has 2 aromatic heterocycles. The van der Waals surface area contributed by atoms with E-state index >= 15 is 0 Å². The van der Waals surface area contributed by atoms with Crippen molar-refractivity contribution in [2.75, 3.05) is 13.1 Å². The zero-order valence-corrected chi connectivity index (χ0v) is 13.9. The Bertz CT molecular complexity index is 762. The van der Waals surface area contributed by atoms with E-state index in [1.54, 1.807) is 17.0 Å². The predicted molar refractivity (Wildman–Crippen MR) is 85.8 cm³/mol. The molecule has 1 fully saturated rings. The molecule has 1 aliphatic heterocycles. The quantitative estimate of drug-likeness (QED) is 0.926. The smallest absolute Gasteiger partial charge is 0.308 e. The number of carbonyl (C=O) groups is 2. The molecule has 0 saturated carbocycles. The van der Waals surface area contributed by atoms with Crippen LogP contribution in [0.15, 0.2) is 22.6 Å². The van der Waals surface area contributed by atoms with E-state index < -0.39 is 11.9 Å². The summed E-state index contributed by atoms with van der Waals surface area (Å²) in [6.07, 6.45) is 1.31. The maximum atomic E-state index is 12.5. The zero-order valence-electron chi connectivity index (χ0n) is 13.9. The first-order chi connectivity index (χ1) is 11.4. The number of hydrogen-bond acceptors (Lipinski definition) is 4. The van der Waals surface area contributed by atoms with E-state index in [2.05, 4.69) is 5.10 Å². The second-order valence-electron chi connectivity index (χ2n) is 6.28. The summed E-state index contributed by atoms with van der Waals surface area (Å²) < 4.78 is 7.49. The van der Waals surface area contributed by atoms with Crippen LogP contribution in [0.4, 0.5) is 0 Å². The Morgan fingerprint density at radius 2 is 2.17 bits per heavy atom. The molecule has 24 heavy (non-hydrogen) atoms. The van der Waals surface area contributed by atoms with Crippen LogP contribution in [0.3, 0.4) is 0 Å². The van der Waals surface area contributed by atoms with Gasteiger partial charge in [0.2, 0.25) is 0 Å². The second-order valence-corrected chi connectivity index (χ2v) is 6.28. The van der Waals surface area contributed by atoms with Gasteiger partial charge in [0.15, 0.2) is 5.76 Å². The fourth-order valence-corrected chi connectivity index (χ4v) is 3.08. The first-order valence-electron chi connectivity index (χ1n) is 8.06. The number of hydrogen-bond donors (Lipinski definition) is 1.